The van der Waals surface area contributed by atoms with E-state index in [0.717, 1.165) is 29.4 Å². The van der Waals surface area contributed by atoms with Crippen LogP contribution in [0.4, 0.5) is 0 Å². The number of carbonyl (C=O) groups excluding carboxylic acids is 1. The average Bonchev–Trinajstić information content (AvgIpc) is 2.71. The van der Waals surface area contributed by atoms with Gasteiger partial charge in [-0.1, -0.05) is 43.0 Å². The lowest BCUT2D eigenvalue weighted by molar-refractivity contribution is -0.133. The first-order valence-electron chi connectivity index (χ1n) is 9.84. The first kappa shape index (κ1) is 17.8. The van der Waals surface area contributed by atoms with Gasteiger partial charge in [0, 0.05) is 23.9 Å². The molecule has 4 nitrogen and oxygen atoms in total. The Labute approximate surface area is 159 Å². The van der Waals surface area contributed by atoms with E-state index in [1.165, 1.54) is 19.3 Å². The summed E-state index contributed by atoms with van der Waals surface area (Å²) in [4.78, 5) is 28.0. The Morgan fingerprint density at radius 3 is 2.52 bits per heavy atom. The minimum Gasteiger partial charge on any atom is -0.341 e. The van der Waals surface area contributed by atoms with Gasteiger partial charge in [0.05, 0.1) is 11.0 Å². The van der Waals surface area contributed by atoms with E-state index in [0.29, 0.717) is 16.8 Å². The molecule has 4 heteroatoms. The van der Waals surface area contributed by atoms with Gasteiger partial charge >= 0.3 is 0 Å². The number of amides is 1. The summed E-state index contributed by atoms with van der Waals surface area (Å²) in [5, 5.41) is 1.35. The second kappa shape index (κ2) is 7.18. The zero-order valence-electron chi connectivity index (χ0n) is 16.1. The molecular weight excluding hydrogens is 336 g/mol. The van der Waals surface area contributed by atoms with Crippen LogP contribution in [0.25, 0.3) is 21.8 Å². The van der Waals surface area contributed by atoms with Crippen molar-refractivity contribution < 1.29 is 4.79 Å². The standard InChI is InChI=1S/C23H26N2O2/c1-16-12-13-21-19(14-16)23(27)18-10-6-7-11-20(18)25(21)15-22(26)24(2)17-8-4-3-5-9-17/h6-7,10-14,17H,3-5,8-9,15H2,1-2H3. The lowest BCUT2D eigenvalue weighted by Gasteiger charge is -2.31. The van der Waals surface area contributed by atoms with Crippen LogP contribution in [0.3, 0.4) is 0 Å². The molecule has 0 bridgehead atoms. The number of hydrogen-bond donors (Lipinski definition) is 0. The molecular formula is C23H26N2O2. The molecule has 0 aliphatic heterocycles. The van der Waals surface area contributed by atoms with Crippen molar-refractivity contribution in [3.8, 4) is 0 Å². The van der Waals surface area contributed by atoms with Crippen LogP contribution in [0, 0.1) is 6.92 Å². The summed E-state index contributed by atoms with van der Waals surface area (Å²) in [5.41, 5.74) is 2.74. The minimum atomic E-state index is 0.0358. The number of fused-ring (bicyclic) bond motifs is 2. The average molecular weight is 362 g/mol. The highest BCUT2D eigenvalue weighted by Crippen LogP contribution is 2.24. The van der Waals surface area contributed by atoms with Gasteiger partial charge in [0.25, 0.3) is 0 Å². The molecule has 1 aromatic heterocycles. The fourth-order valence-corrected chi connectivity index (χ4v) is 4.33. The van der Waals surface area contributed by atoms with Crippen LogP contribution < -0.4 is 5.43 Å². The quantitative estimate of drug-likeness (QED) is 0.654. The molecule has 1 aliphatic carbocycles. The first-order valence-corrected chi connectivity index (χ1v) is 9.84. The summed E-state index contributed by atoms with van der Waals surface area (Å²) < 4.78 is 2.01. The highest BCUT2D eigenvalue weighted by atomic mass is 16.2. The number of pyridine rings is 1. The first-order chi connectivity index (χ1) is 13.1. The summed E-state index contributed by atoms with van der Waals surface area (Å²) in [7, 11) is 1.93. The van der Waals surface area contributed by atoms with Crippen molar-refractivity contribution in [2.75, 3.05) is 7.05 Å². The number of likely N-dealkylation sites (N-methyl/N-ethyl adjacent to an activating group) is 1. The Kier molecular flexibility index (Phi) is 4.73. The van der Waals surface area contributed by atoms with Gasteiger partial charge in [-0.3, -0.25) is 9.59 Å². The lowest BCUT2D eigenvalue weighted by atomic mass is 9.94. The van der Waals surface area contributed by atoms with Gasteiger partial charge in [0.2, 0.25) is 5.91 Å². The van der Waals surface area contributed by atoms with Gasteiger partial charge in [-0.25, -0.2) is 0 Å². The molecule has 1 fully saturated rings. The minimum absolute atomic E-state index is 0.0358. The Morgan fingerprint density at radius 2 is 1.74 bits per heavy atom. The molecule has 1 aliphatic rings. The fraction of sp³-hybridized carbons (Fsp3) is 0.391. The smallest absolute Gasteiger partial charge is 0.242 e. The van der Waals surface area contributed by atoms with Gasteiger partial charge in [-0.05, 0) is 44.0 Å². The van der Waals surface area contributed by atoms with Crippen LogP contribution in [0.2, 0.25) is 0 Å². The predicted molar refractivity (Wildman–Crippen MR) is 110 cm³/mol. The summed E-state index contributed by atoms with van der Waals surface area (Å²) in [5.74, 6) is 0.109. The van der Waals surface area contributed by atoms with Crippen molar-refractivity contribution in [3.63, 3.8) is 0 Å². The normalized spacial score (nSPS) is 15.3. The van der Waals surface area contributed by atoms with E-state index in [2.05, 4.69) is 0 Å². The van der Waals surface area contributed by atoms with Gasteiger partial charge in [-0.15, -0.1) is 0 Å². The van der Waals surface area contributed by atoms with E-state index >= 15 is 0 Å². The van der Waals surface area contributed by atoms with Crippen molar-refractivity contribution in [1.29, 1.82) is 0 Å². The van der Waals surface area contributed by atoms with Crippen LogP contribution >= 0.6 is 0 Å². The number of aryl methyl sites for hydroxylation is 1. The maximum atomic E-state index is 13.1. The van der Waals surface area contributed by atoms with Crippen LogP contribution in [0.1, 0.15) is 37.7 Å². The van der Waals surface area contributed by atoms with Crippen molar-refractivity contribution in [2.45, 2.75) is 51.6 Å². The number of carbonyl (C=O) groups is 1. The molecule has 0 saturated heterocycles. The fourth-order valence-electron chi connectivity index (χ4n) is 4.33. The zero-order valence-corrected chi connectivity index (χ0v) is 16.1. The highest BCUT2D eigenvalue weighted by molar-refractivity contribution is 5.95. The van der Waals surface area contributed by atoms with Crippen LogP contribution in [-0.4, -0.2) is 28.5 Å². The zero-order chi connectivity index (χ0) is 19.0. The predicted octanol–water partition coefficient (Wildman–Crippen LogP) is 4.25. The number of aromatic nitrogens is 1. The molecule has 4 rings (SSSR count). The Bertz CT molecular complexity index is 1060. The third-order valence-corrected chi connectivity index (χ3v) is 5.94. The molecule has 0 radical (unpaired) electrons. The van der Waals surface area contributed by atoms with Crippen molar-refractivity contribution in [2.24, 2.45) is 0 Å². The van der Waals surface area contributed by atoms with Crippen molar-refractivity contribution in [3.05, 3.63) is 58.3 Å². The summed E-state index contributed by atoms with van der Waals surface area (Å²) in [6, 6.07) is 13.8. The van der Waals surface area contributed by atoms with Crippen molar-refractivity contribution in [1.82, 2.24) is 9.47 Å². The number of rotatable bonds is 3. The van der Waals surface area contributed by atoms with E-state index in [-0.39, 0.29) is 17.9 Å². The molecule has 0 atom stereocenters. The van der Waals surface area contributed by atoms with Crippen molar-refractivity contribution >= 4 is 27.7 Å². The third kappa shape index (κ3) is 3.25. The molecule has 0 spiro atoms. The molecule has 140 valence electrons. The van der Waals surface area contributed by atoms with Crippen LogP contribution in [0.15, 0.2) is 47.3 Å². The maximum Gasteiger partial charge on any atom is 0.242 e. The molecule has 3 aromatic rings. The van der Waals surface area contributed by atoms with E-state index in [4.69, 9.17) is 0 Å². The maximum absolute atomic E-state index is 13.1. The Hall–Kier alpha value is -2.62. The second-order valence-electron chi connectivity index (χ2n) is 7.75. The van der Waals surface area contributed by atoms with Crippen LogP contribution in [0.5, 0.6) is 0 Å². The topological polar surface area (TPSA) is 42.3 Å². The van der Waals surface area contributed by atoms with Gasteiger partial charge < -0.3 is 9.47 Å². The molecule has 27 heavy (non-hydrogen) atoms. The number of benzene rings is 2. The van der Waals surface area contributed by atoms with Gasteiger partial charge in [0.1, 0.15) is 6.54 Å². The molecule has 1 heterocycles. The molecule has 1 saturated carbocycles. The lowest BCUT2D eigenvalue weighted by Crippen LogP contribution is -2.40. The summed E-state index contributed by atoms with van der Waals surface area (Å²) >= 11 is 0. The SMILES string of the molecule is Cc1ccc2c(c1)c(=O)c1ccccc1n2CC(=O)N(C)C1CCCCC1. The monoisotopic (exact) mass is 362 g/mol. The molecule has 1 amide bonds. The van der Waals surface area contributed by atoms with E-state index in [1.807, 2.05) is 65.9 Å². The number of para-hydroxylation sites is 1. The Balaban J connectivity index is 1.81. The molecule has 2 aromatic carbocycles. The number of nitrogens with zero attached hydrogens (tertiary/aromatic N) is 2. The summed E-state index contributed by atoms with van der Waals surface area (Å²) in [6.45, 7) is 2.24. The highest BCUT2D eigenvalue weighted by Gasteiger charge is 2.23. The molecule has 0 N–H and O–H groups in total. The van der Waals surface area contributed by atoms with E-state index in [1.54, 1.807) is 0 Å². The second-order valence-corrected chi connectivity index (χ2v) is 7.75. The molecule has 0 unspecified atom stereocenters. The van der Waals surface area contributed by atoms with Crippen LogP contribution in [-0.2, 0) is 11.3 Å². The number of hydrogen-bond acceptors (Lipinski definition) is 2. The van der Waals surface area contributed by atoms with E-state index < -0.39 is 0 Å². The summed E-state index contributed by atoms with van der Waals surface area (Å²) in [6.07, 6.45) is 5.85. The van der Waals surface area contributed by atoms with Gasteiger partial charge in [-0.2, -0.15) is 0 Å². The Morgan fingerprint density at radius 1 is 1.04 bits per heavy atom. The van der Waals surface area contributed by atoms with Gasteiger partial charge in [0.15, 0.2) is 5.43 Å². The third-order valence-electron chi connectivity index (χ3n) is 5.94. The largest absolute Gasteiger partial charge is 0.341 e. The van der Waals surface area contributed by atoms with E-state index in [9.17, 15) is 9.59 Å².